The Labute approximate surface area is 170 Å². The SMILES string of the molecule is COc1ccc(-c2cnc(SCc3ccccc3)n2-c2ccc(C)cc2)cc1. The quantitative estimate of drug-likeness (QED) is 0.372. The van der Waals surface area contributed by atoms with E-state index in [4.69, 9.17) is 9.72 Å². The van der Waals surface area contributed by atoms with Crippen molar-refractivity contribution in [2.45, 2.75) is 17.8 Å². The Kier molecular flexibility index (Phi) is 5.49. The van der Waals surface area contributed by atoms with Crippen molar-refractivity contribution in [3.63, 3.8) is 0 Å². The third kappa shape index (κ3) is 3.97. The van der Waals surface area contributed by atoms with Gasteiger partial charge < -0.3 is 4.74 Å². The van der Waals surface area contributed by atoms with E-state index in [0.29, 0.717) is 0 Å². The van der Waals surface area contributed by atoms with Crippen molar-refractivity contribution in [2.24, 2.45) is 0 Å². The van der Waals surface area contributed by atoms with Crippen LogP contribution in [0.2, 0.25) is 0 Å². The lowest BCUT2D eigenvalue weighted by Gasteiger charge is -2.13. The largest absolute Gasteiger partial charge is 0.497 e. The summed E-state index contributed by atoms with van der Waals surface area (Å²) < 4.78 is 7.53. The topological polar surface area (TPSA) is 27.1 Å². The Morgan fingerprint density at radius 2 is 1.61 bits per heavy atom. The zero-order chi connectivity index (χ0) is 19.3. The molecule has 0 unspecified atom stereocenters. The third-order valence-electron chi connectivity index (χ3n) is 4.62. The van der Waals surface area contributed by atoms with E-state index in [1.54, 1.807) is 18.9 Å². The number of hydrogen-bond acceptors (Lipinski definition) is 3. The molecule has 0 bridgehead atoms. The monoisotopic (exact) mass is 386 g/mol. The van der Waals surface area contributed by atoms with Crippen molar-refractivity contribution in [1.82, 2.24) is 9.55 Å². The van der Waals surface area contributed by atoms with E-state index in [1.165, 1.54) is 11.1 Å². The van der Waals surface area contributed by atoms with E-state index in [0.717, 1.165) is 33.6 Å². The lowest BCUT2D eigenvalue weighted by atomic mass is 10.1. The Bertz CT molecular complexity index is 1040. The van der Waals surface area contributed by atoms with Gasteiger partial charge in [0.25, 0.3) is 0 Å². The molecule has 28 heavy (non-hydrogen) atoms. The maximum atomic E-state index is 5.30. The number of benzene rings is 3. The summed E-state index contributed by atoms with van der Waals surface area (Å²) in [5.74, 6) is 1.73. The van der Waals surface area contributed by atoms with Crippen LogP contribution < -0.4 is 4.74 Å². The number of ether oxygens (including phenoxy) is 1. The summed E-state index contributed by atoms with van der Waals surface area (Å²) in [5, 5.41) is 0.985. The van der Waals surface area contributed by atoms with Gasteiger partial charge in [0.15, 0.2) is 5.16 Å². The summed E-state index contributed by atoms with van der Waals surface area (Å²) in [4.78, 5) is 4.74. The molecular weight excluding hydrogens is 364 g/mol. The van der Waals surface area contributed by atoms with Crippen LogP contribution in [0.5, 0.6) is 5.75 Å². The van der Waals surface area contributed by atoms with Crippen LogP contribution in [-0.2, 0) is 5.75 Å². The van der Waals surface area contributed by atoms with Crippen molar-refractivity contribution in [1.29, 1.82) is 0 Å². The molecular formula is C24H22N2OS. The van der Waals surface area contributed by atoms with Crippen LogP contribution in [0.1, 0.15) is 11.1 Å². The van der Waals surface area contributed by atoms with Gasteiger partial charge in [-0.3, -0.25) is 4.57 Å². The van der Waals surface area contributed by atoms with Crippen LogP contribution in [0, 0.1) is 6.92 Å². The zero-order valence-corrected chi connectivity index (χ0v) is 16.8. The number of rotatable bonds is 6. The van der Waals surface area contributed by atoms with Crippen LogP contribution in [0.3, 0.4) is 0 Å². The molecule has 0 spiro atoms. The third-order valence-corrected chi connectivity index (χ3v) is 5.64. The molecule has 0 amide bonds. The minimum atomic E-state index is 0.851. The second-order valence-electron chi connectivity index (χ2n) is 6.60. The lowest BCUT2D eigenvalue weighted by molar-refractivity contribution is 0.415. The van der Waals surface area contributed by atoms with Gasteiger partial charge in [-0.05, 0) is 48.9 Å². The maximum Gasteiger partial charge on any atom is 0.173 e. The fourth-order valence-corrected chi connectivity index (χ4v) is 4.02. The van der Waals surface area contributed by atoms with E-state index in [9.17, 15) is 0 Å². The summed E-state index contributed by atoms with van der Waals surface area (Å²) >= 11 is 1.75. The Morgan fingerprint density at radius 3 is 2.29 bits per heavy atom. The van der Waals surface area contributed by atoms with E-state index in [1.807, 2.05) is 24.4 Å². The first kappa shape index (κ1) is 18.4. The summed E-state index contributed by atoms with van der Waals surface area (Å²) in [5.41, 5.74) is 5.83. The molecule has 4 heteroatoms. The molecule has 140 valence electrons. The highest BCUT2D eigenvalue weighted by molar-refractivity contribution is 7.98. The molecule has 1 heterocycles. The molecule has 0 atom stereocenters. The fourth-order valence-electron chi connectivity index (χ4n) is 3.07. The molecule has 0 saturated heterocycles. The highest BCUT2D eigenvalue weighted by atomic mass is 32.2. The molecule has 0 fully saturated rings. The molecule has 0 N–H and O–H groups in total. The van der Waals surface area contributed by atoms with Crippen molar-refractivity contribution in [2.75, 3.05) is 7.11 Å². The van der Waals surface area contributed by atoms with Gasteiger partial charge in [-0.2, -0.15) is 0 Å². The second-order valence-corrected chi connectivity index (χ2v) is 7.54. The average Bonchev–Trinajstić information content (AvgIpc) is 3.17. The van der Waals surface area contributed by atoms with Crippen LogP contribution in [0.25, 0.3) is 16.9 Å². The van der Waals surface area contributed by atoms with Gasteiger partial charge in [-0.15, -0.1) is 0 Å². The van der Waals surface area contributed by atoms with E-state index in [2.05, 4.69) is 72.2 Å². The lowest BCUT2D eigenvalue weighted by Crippen LogP contribution is -1.99. The molecule has 3 nitrogen and oxygen atoms in total. The molecule has 3 aromatic carbocycles. The van der Waals surface area contributed by atoms with Crippen LogP contribution in [-0.4, -0.2) is 16.7 Å². The molecule has 0 aliphatic carbocycles. The van der Waals surface area contributed by atoms with Crippen molar-refractivity contribution >= 4 is 11.8 Å². The van der Waals surface area contributed by atoms with Gasteiger partial charge in [0, 0.05) is 17.0 Å². The van der Waals surface area contributed by atoms with E-state index >= 15 is 0 Å². The summed E-state index contributed by atoms with van der Waals surface area (Å²) in [6.07, 6.45) is 1.95. The zero-order valence-electron chi connectivity index (χ0n) is 16.0. The first-order valence-corrected chi connectivity index (χ1v) is 10.2. The Hall–Kier alpha value is -2.98. The highest BCUT2D eigenvalue weighted by Gasteiger charge is 2.14. The standard InChI is InChI=1S/C24H22N2OS/c1-18-8-12-21(13-9-18)26-23(20-10-14-22(27-2)15-11-20)16-25-24(26)28-17-19-6-4-3-5-7-19/h3-16H,17H2,1-2H3. The number of hydrogen-bond donors (Lipinski definition) is 0. The number of aromatic nitrogens is 2. The molecule has 0 aliphatic rings. The maximum absolute atomic E-state index is 5.30. The van der Waals surface area contributed by atoms with E-state index in [-0.39, 0.29) is 0 Å². The van der Waals surface area contributed by atoms with Crippen LogP contribution >= 0.6 is 11.8 Å². The van der Waals surface area contributed by atoms with Crippen molar-refractivity contribution in [3.05, 3.63) is 96.2 Å². The van der Waals surface area contributed by atoms with Gasteiger partial charge >= 0.3 is 0 Å². The number of imidazole rings is 1. The average molecular weight is 387 g/mol. The van der Waals surface area contributed by atoms with Crippen LogP contribution in [0.15, 0.2) is 90.2 Å². The molecule has 4 rings (SSSR count). The van der Waals surface area contributed by atoms with E-state index < -0.39 is 0 Å². The number of nitrogens with zero attached hydrogens (tertiary/aromatic N) is 2. The predicted octanol–water partition coefficient (Wildman–Crippen LogP) is 6.15. The van der Waals surface area contributed by atoms with Gasteiger partial charge in [0.05, 0.1) is 19.0 Å². The fraction of sp³-hybridized carbons (Fsp3) is 0.125. The number of aryl methyl sites for hydroxylation is 1. The Morgan fingerprint density at radius 1 is 0.893 bits per heavy atom. The van der Waals surface area contributed by atoms with Gasteiger partial charge in [-0.25, -0.2) is 4.98 Å². The molecule has 0 saturated carbocycles. The van der Waals surface area contributed by atoms with Gasteiger partial charge in [0.1, 0.15) is 5.75 Å². The normalized spacial score (nSPS) is 10.8. The van der Waals surface area contributed by atoms with Gasteiger partial charge in [0.2, 0.25) is 0 Å². The minimum Gasteiger partial charge on any atom is -0.497 e. The smallest absolute Gasteiger partial charge is 0.173 e. The first-order chi connectivity index (χ1) is 13.7. The molecule has 1 aromatic heterocycles. The summed E-state index contributed by atoms with van der Waals surface area (Å²) in [7, 11) is 1.68. The molecule has 0 aliphatic heterocycles. The molecule has 4 aromatic rings. The first-order valence-electron chi connectivity index (χ1n) is 9.20. The number of thioether (sulfide) groups is 1. The van der Waals surface area contributed by atoms with Crippen molar-refractivity contribution < 1.29 is 4.74 Å². The molecule has 0 radical (unpaired) electrons. The minimum absolute atomic E-state index is 0.851. The second kappa shape index (κ2) is 8.36. The van der Waals surface area contributed by atoms with Gasteiger partial charge in [-0.1, -0.05) is 59.8 Å². The highest BCUT2D eigenvalue weighted by Crippen LogP contribution is 2.32. The number of methoxy groups -OCH3 is 1. The van der Waals surface area contributed by atoms with Crippen LogP contribution in [0.4, 0.5) is 0 Å². The summed E-state index contributed by atoms with van der Waals surface area (Å²) in [6.45, 7) is 2.10. The Balaban J connectivity index is 1.73. The van der Waals surface area contributed by atoms with Crippen molar-refractivity contribution in [3.8, 4) is 22.7 Å². The predicted molar refractivity (Wildman–Crippen MR) is 116 cm³/mol. The summed E-state index contributed by atoms with van der Waals surface area (Å²) in [6, 6.07) is 27.2.